The summed E-state index contributed by atoms with van der Waals surface area (Å²) < 4.78 is 33.8. The van der Waals surface area contributed by atoms with Crippen molar-refractivity contribution >= 4 is 26.7 Å². The summed E-state index contributed by atoms with van der Waals surface area (Å²) >= 11 is 0. The molecule has 4 rings (SSSR count). The minimum Gasteiger partial charge on any atom is -0.496 e. The molecule has 0 fully saturated rings. The number of fused-ring (bicyclic) bond motifs is 2. The highest BCUT2D eigenvalue weighted by atomic mass is 32.2. The van der Waals surface area contributed by atoms with Gasteiger partial charge < -0.3 is 4.74 Å². The lowest BCUT2D eigenvalue weighted by Crippen LogP contribution is -2.36. The van der Waals surface area contributed by atoms with Gasteiger partial charge in [0.2, 0.25) is 5.91 Å². The molecule has 0 aromatic heterocycles. The first kappa shape index (κ1) is 19.9. The molecule has 1 N–H and O–H groups in total. The van der Waals surface area contributed by atoms with E-state index in [4.69, 9.17) is 4.74 Å². The maximum absolute atomic E-state index is 13.1. The molecular formula is C23H20N2O4S. The maximum Gasteiger partial charge on any atom is 0.264 e. The molecule has 3 aromatic rings. The van der Waals surface area contributed by atoms with Crippen molar-refractivity contribution in [3.8, 4) is 11.8 Å². The summed E-state index contributed by atoms with van der Waals surface area (Å²) in [5, 5.41) is 10.8. The summed E-state index contributed by atoms with van der Waals surface area (Å²) in [5.41, 5.74) is 1.85. The number of carbonyl (C=O) groups is 1. The van der Waals surface area contributed by atoms with E-state index in [0.717, 1.165) is 10.9 Å². The number of rotatable bonds is 4. The van der Waals surface area contributed by atoms with E-state index >= 15 is 0 Å². The number of nitriles is 1. The molecule has 1 unspecified atom stereocenters. The molecule has 0 radical (unpaired) electrons. The lowest BCUT2D eigenvalue weighted by molar-refractivity contribution is -0.121. The molecule has 30 heavy (non-hydrogen) atoms. The zero-order valence-corrected chi connectivity index (χ0v) is 17.2. The molecule has 152 valence electrons. The second kappa shape index (κ2) is 7.81. The molecule has 0 saturated carbocycles. The van der Waals surface area contributed by atoms with Crippen LogP contribution in [-0.4, -0.2) is 21.4 Å². The van der Waals surface area contributed by atoms with Gasteiger partial charge in [0.05, 0.1) is 29.6 Å². The van der Waals surface area contributed by atoms with Gasteiger partial charge >= 0.3 is 0 Å². The largest absolute Gasteiger partial charge is 0.496 e. The molecular weight excluding hydrogens is 400 g/mol. The van der Waals surface area contributed by atoms with Crippen molar-refractivity contribution in [1.29, 1.82) is 5.26 Å². The van der Waals surface area contributed by atoms with Crippen LogP contribution in [0, 0.1) is 11.3 Å². The Hall–Kier alpha value is -3.37. The van der Waals surface area contributed by atoms with Crippen LogP contribution in [0.2, 0.25) is 0 Å². The van der Waals surface area contributed by atoms with Gasteiger partial charge in [-0.3, -0.25) is 4.79 Å². The Kier molecular flexibility index (Phi) is 5.18. The van der Waals surface area contributed by atoms with Crippen molar-refractivity contribution in [3.05, 3.63) is 71.3 Å². The highest BCUT2D eigenvalue weighted by molar-refractivity contribution is 7.90. The van der Waals surface area contributed by atoms with Crippen LogP contribution in [0.1, 0.15) is 35.4 Å². The van der Waals surface area contributed by atoms with Crippen LogP contribution in [0.25, 0.3) is 10.8 Å². The van der Waals surface area contributed by atoms with Crippen molar-refractivity contribution in [2.24, 2.45) is 0 Å². The average Bonchev–Trinajstić information content (AvgIpc) is 2.77. The number of benzene rings is 3. The Morgan fingerprint density at radius 1 is 1.13 bits per heavy atom. The number of carbonyl (C=O) groups excluding carboxylic acids is 1. The molecule has 3 aromatic carbocycles. The normalized spacial score (nSPS) is 15.8. The SMILES string of the molecule is COc1ccc(C#N)c2c1C(C(=O)NS(=O)(=O)c1cccc3ccccc13)CCC2. The molecule has 7 heteroatoms. The molecule has 0 spiro atoms. The van der Waals surface area contributed by atoms with Crippen LogP contribution >= 0.6 is 0 Å². The predicted octanol–water partition coefficient (Wildman–Crippen LogP) is 3.65. The van der Waals surface area contributed by atoms with Crippen LogP contribution in [0.15, 0.2) is 59.5 Å². The van der Waals surface area contributed by atoms with E-state index < -0.39 is 21.8 Å². The lowest BCUT2D eigenvalue weighted by Gasteiger charge is -2.27. The van der Waals surface area contributed by atoms with E-state index in [0.29, 0.717) is 41.5 Å². The monoisotopic (exact) mass is 420 g/mol. The summed E-state index contributed by atoms with van der Waals surface area (Å²) in [6.45, 7) is 0. The van der Waals surface area contributed by atoms with Crippen molar-refractivity contribution in [1.82, 2.24) is 4.72 Å². The third kappa shape index (κ3) is 3.40. The number of amides is 1. The first-order chi connectivity index (χ1) is 14.5. The second-order valence-corrected chi connectivity index (χ2v) is 8.86. The fourth-order valence-corrected chi connectivity index (χ4v) is 5.41. The summed E-state index contributed by atoms with van der Waals surface area (Å²) in [6.07, 6.45) is 1.81. The molecule has 0 aliphatic heterocycles. The summed E-state index contributed by atoms with van der Waals surface area (Å²) in [7, 11) is -2.58. The van der Waals surface area contributed by atoms with Crippen molar-refractivity contribution in [3.63, 3.8) is 0 Å². The highest BCUT2D eigenvalue weighted by Gasteiger charge is 2.33. The van der Waals surface area contributed by atoms with Gasteiger partial charge in [-0.15, -0.1) is 0 Å². The fourth-order valence-electron chi connectivity index (χ4n) is 4.16. The van der Waals surface area contributed by atoms with Crippen molar-refractivity contribution < 1.29 is 17.9 Å². The summed E-state index contributed by atoms with van der Waals surface area (Å²) in [4.78, 5) is 13.2. The van der Waals surface area contributed by atoms with Crippen molar-refractivity contribution in [2.75, 3.05) is 7.11 Å². The number of hydrogen-bond acceptors (Lipinski definition) is 5. The minimum atomic E-state index is -4.08. The van der Waals surface area contributed by atoms with Gasteiger partial charge in [-0.1, -0.05) is 36.4 Å². The second-order valence-electron chi connectivity index (χ2n) is 7.21. The Morgan fingerprint density at radius 3 is 2.67 bits per heavy atom. The van der Waals surface area contributed by atoms with Crippen LogP contribution in [0.4, 0.5) is 0 Å². The van der Waals surface area contributed by atoms with Crippen LogP contribution < -0.4 is 9.46 Å². The zero-order chi connectivity index (χ0) is 21.3. The quantitative estimate of drug-likeness (QED) is 0.695. The Morgan fingerprint density at radius 2 is 1.90 bits per heavy atom. The number of nitrogens with one attached hydrogen (secondary N) is 1. The maximum atomic E-state index is 13.1. The number of nitrogens with zero attached hydrogens (tertiary/aromatic N) is 1. The first-order valence-corrected chi connectivity index (χ1v) is 11.1. The van der Waals surface area contributed by atoms with Gasteiger partial charge in [-0.2, -0.15) is 5.26 Å². The van der Waals surface area contributed by atoms with Crippen LogP contribution in [0.3, 0.4) is 0 Å². The Bertz CT molecular complexity index is 1290. The fraction of sp³-hybridized carbons (Fsp3) is 0.217. The van der Waals surface area contributed by atoms with Gasteiger partial charge in [0.1, 0.15) is 5.75 Å². The van der Waals surface area contributed by atoms with E-state index in [9.17, 15) is 18.5 Å². The van der Waals surface area contributed by atoms with Crippen LogP contribution in [0.5, 0.6) is 5.75 Å². The molecule has 0 heterocycles. The minimum absolute atomic E-state index is 0.0581. The Labute approximate surface area is 175 Å². The zero-order valence-electron chi connectivity index (χ0n) is 16.4. The molecule has 0 saturated heterocycles. The lowest BCUT2D eigenvalue weighted by atomic mass is 9.80. The summed E-state index contributed by atoms with van der Waals surface area (Å²) in [5.74, 6) is -0.828. The van der Waals surface area contributed by atoms with Crippen LogP contribution in [-0.2, 0) is 21.2 Å². The molecule has 1 aliphatic carbocycles. The number of ether oxygens (including phenoxy) is 1. The summed E-state index contributed by atoms with van der Waals surface area (Å²) in [6, 6.07) is 17.6. The van der Waals surface area contributed by atoms with E-state index in [2.05, 4.69) is 10.8 Å². The number of sulfonamides is 1. The van der Waals surface area contributed by atoms with Gasteiger partial charge in [-0.05, 0) is 48.4 Å². The average molecular weight is 420 g/mol. The predicted molar refractivity (Wildman–Crippen MR) is 113 cm³/mol. The van der Waals surface area contributed by atoms with E-state index in [1.54, 1.807) is 30.3 Å². The topological polar surface area (TPSA) is 96.3 Å². The number of hydrogen-bond donors (Lipinski definition) is 1. The molecule has 1 amide bonds. The molecule has 0 bridgehead atoms. The van der Waals surface area contributed by atoms with Gasteiger partial charge in [0, 0.05) is 10.9 Å². The van der Waals surface area contributed by atoms with Gasteiger partial charge in [-0.25, -0.2) is 13.1 Å². The molecule has 1 atom stereocenters. The Balaban J connectivity index is 1.73. The third-order valence-electron chi connectivity index (χ3n) is 5.52. The van der Waals surface area contributed by atoms with E-state index in [1.807, 2.05) is 18.2 Å². The van der Waals surface area contributed by atoms with Gasteiger partial charge in [0.15, 0.2) is 0 Å². The molecule has 1 aliphatic rings. The first-order valence-electron chi connectivity index (χ1n) is 9.60. The number of methoxy groups -OCH3 is 1. The van der Waals surface area contributed by atoms with E-state index in [1.165, 1.54) is 13.2 Å². The van der Waals surface area contributed by atoms with E-state index in [-0.39, 0.29) is 4.90 Å². The smallest absolute Gasteiger partial charge is 0.264 e. The van der Waals surface area contributed by atoms with Gasteiger partial charge in [0.25, 0.3) is 10.0 Å². The highest BCUT2D eigenvalue weighted by Crippen LogP contribution is 2.40. The third-order valence-corrected chi connectivity index (χ3v) is 6.92. The molecule has 6 nitrogen and oxygen atoms in total. The standard InChI is InChI=1S/C23H20N2O4S/c1-29-20-13-12-16(14-24)18-9-5-10-19(22(18)20)23(26)25-30(27,28)21-11-4-7-15-6-2-3-8-17(15)21/h2-4,6-8,11-13,19H,5,9-10H2,1H3,(H,25,26). The van der Waals surface area contributed by atoms with Crippen molar-refractivity contribution in [2.45, 2.75) is 30.1 Å².